The van der Waals surface area contributed by atoms with E-state index >= 15 is 0 Å². The van der Waals surface area contributed by atoms with Crippen LogP contribution in [0, 0.1) is 6.92 Å². The molecule has 0 saturated heterocycles. The minimum absolute atomic E-state index is 0.250. The van der Waals surface area contributed by atoms with Crippen LogP contribution in [0.4, 0.5) is 0 Å². The van der Waals surface area contributed by atoms with Crippen molar-refractivity contribution < 1.29 is 0 Å². The Kier molecular flexibility index (Phi) is 4.35. The molecule has 1 aliphatic carbocycles. The van der Waals surface area contributed by atoms with Crippen LogP contribution in [0.25, 0.3) is 0 Å². The summed E-state index contributed by atoms with van der Waals surface area (Å²) in [6, 6.07) is 13.5. The molecule has 1 saturated carbocycles. The molecule has 1 aromatic heterocycles. The fraction of sp³-hybridized carbons (Fsp3) is 0.421. The van der Waals surface area contributed by atoms with Gasteiger partial charge in [0.2, 0.25) is 0 Å². The van der Waals surface area contributed by atoms with Gasteiger partial charge >= 0.3 is 0 Å². The lowest BCUT2D eigenvalue weighted by Gasteiger charge is -2.31. The van der Waals surface area contributed by atoms with Gasteiger partial charge in [-0.05, 0) is 55.0 Å². The molecular formula is C19H24N2. The lowest BCUT2D eigenvalue weighted by molar-refractivity contribution is 0.414. The highest BCUT2D eigenvalue weighted by molar-refractivity contribution is 5.39. The van der Waals surface area contributed by atoms with Crippen LogP contribution in [-0.2, 0) is 0 Å². The number of aromatic nitrogens is 1. The van der Waals surface area contributed by atoms with E-state index in [2.05, 4.69) is 53.6 Å². The summed E-state index contributed by atoms with van der Waals surface area (Å²) in [7, 11) is 0. The second-order valence-corrected chi connectivity index (χ2v) is 5.98. The van der Waals surface area contributed by atoms with Gasteiger partial charge < -0.3 is 5.32 Å². The van der Waals surface area contributed by atoms with Crippen LogP contribution in [0.2, 0.25) is 0 Å². The number of hydrogen-bond donors (Lipinski definition) is 1. The van der Waals surface area contributed by atoms with Crippen molar-refractivity contribution in [1.29, 1.82) is 0 Å². The van der Waals surface area contributed by atoms with Crippen molar-refractivity contribution in [1.82, 2.24) is 10.3 Å². The molecule has 0 amide bonds. The van der Waals surface area contributed by atoms with E-state index in [0.29, 0.717) is 0 Å². The Morgan fingerprint density at radius 1 is 1.19 bits per heavy atom. The number of benzene rings is 1. The fourth-order valence-corrected chi connectivity index (χ4v) is 3.13. The van der Waals surface area contributed by atoms with Crippen LogP contribution in [-0.4, -0.2) is 11.5 Å². The van der Waals surface area contributed by atoms with Gasteiger partial charge in [-0.3, -0.25) is 4.98 Å². The Hall–Kier alpha value is -1.67. The summed E-state index contributed by atoms with van der Waals surface area (Å²) in [4.78, 5) is 4.48. The number of nitrogens with zero attached hydrogens (tertiary/aromatic N) is 1. The molecule has 0 spiro atoms. The Balaban J connectivity index is 1.99. The maximum Gasteiger partial charge on any atom is 0.0594 e. The lowest BCUT2D eigenvalue weighted by Crippen LogP contribution is -2.24. The van der Waals surface area contributed by atoms with Crippen molar-refractivity contribution in [3.8, 4) is 0 Å². The number of pyridine rings is 1. The van der Waals surface area contributed by atoms with Gasteiger partial charge in [0.25, 0.3) is 0 Å². The largest absolute Gasteiger partial charge is 0.306 e. The summed E-state index contributed by atoms with van der Waals surface area (Å²) in [6.45, 7) is 5.16. The predicted molar refractivity (Wildman–Crippen MR) is 87.5 cm³/mol. The average Bonchev–Trinajstić information content (AvgIpc) is 2.45. The van der Waals surface area contributed by atoms with E-state index in [4.69, 9.17) is 0 Å². The summed E-state index contributed by atoms with van der Waals surface area (Å²) in [5, 5.41) is 3.64. The third-order valence-electron chi connectivity index (χ3n) is 4.53. The molecule has 3 rings (SSSR count). The van der Waals surface area contributed by atoms with Gasteiger partial charge in [0, 0.05) is 11.9 Å². The smallest absolute Gasteiger partial charge is 0.0594 e. The first kappa shape index (κ1) is 14.3. The van der Waals surface area contributed by atoms with Crippen molar-refractivity contribution in [3.63, 3.8) is 0 Å². The number of rotatable bonds is 5. The molecule has 0 radical (unpaired) electrons. The summed E-state index contributed by atoms with van der Waals surface area (Å²) < 4.78 is 0. The molecule has 110 valence electrons. The van der Waals surface area contributed by atoms with Crippen LogP contribution in [0.3, 0.4) is 0 Å². The average molecular weight is 280 g/mol. The fourth-order valence-electron chi connectivity index (χ4n) is 3.13. The van der Waals surface area contributed by atoms with Crippen molar-refractivity contribution in [2.24, 2.45) is 0 Å². The topological polar surface area (TPSA) is 24.9 Å². The highest BCUT2D eigenvalue weighted by atomic mass is 14.9. The van der Waals surface area contributed by atoms with Crippen LogP contribution in [0.1, 0.15) is 60.5 Å². The van der Waals surface area contributed by atoms with E-state index in [-0.39, 0.29) is 6.04 Å². The molecule has 1 unspecified atom stereocenters. The highest BCUT2D eigenvalue weighted by Crippen LogP contribution is 2.40. The molecule has 1 heterocycles. The van der Waals surface area contributed by atoms with Crippen LogP contribution >= 0.6 is 0 Å². The zero-order chi connectivity index (χ0) is 14.7. The predicted octanol–water partition coefficient (Wildman–Crippen LogP) is 4.36. The zero-order valence-corrected chi connectivity index (χ0v) is 13.0. The van der Waals surface area contributed by atoms with Gasteiger partial charge in [0.15, 0.2) is 0 Å². The molecule has 21 heavy (non-hydrogen) atoms. The molecule has 0 bridgehead atoms. The van der Waals surface area contributed by atoms with Crippen molar-refractivity contribution in [2.75, 3.05) is 6.54 Å². The standard InChI is InChI=1S/C19H24N2/c1-3-20-19(16-12-11-14(2)21-13-16)18-10-5-4-9-17(18)15-7-6-8-15/h4-5,9-13,15,19-20H,3,6-8H2,1-2H3. The molecule has 0 aliphatic heterocycles. The van der Waals surface area contributed by atoms with E-state index in [1.807, 2.05) is 13.1 Å². The van der Waals surface area contributed by atoms with Crippen LogP contribution < -0.4 is 5.32 Å². The molecule has 1 aromatic carbocycles. The van der Waals surface area contributed by atoms with Gasteiger partial charge in [-0.25, -0.2) is 0 Å². The van der Waals surface area contributed by atoms with Gasteiger partial charge in [0.05, 0.1) is 6.04 Å². The third kappa shape index (κ3) is 3.01. The summed E-state index contributed by atoms with van der Waals surface area (Å²) in [5.41, 5.74) is 5.28. The summed E-state index contributed by atoms with van der Waals surface area (Å²) >= 11 is 0. The zero-order valence-electron chi connectivity index (χ0n) is 13.0. The minimum Gasteiger partial charge on any atom is -0.306 e. The van der Waals surface area contributed by atoms with Gasteiger partial charge in [-0.15, -0.1) is 0 Å². The normalized spacial score (nSPS) is 16.5. The Morgan fingerprint density at radius 3 is 2.62 bits per heavy atom. The molecule has 1 N–H and O–H groups in total. The molecule has 1 fully saturated rings. The Bertz CT molecular complexity index is 585. The Morgan fingerprint density at radius 2 is 2.00 bits per heavy atom. The van der Waals surface area contributed by atoms with Gasteiger partial charge in [-0.2, -0.15) is 0 Å². The van der Waals surface area contributed by atoms with E-state index in [9.17, 15) is 0 Å². The lowest BCUT2D eigenvalue weighted by atomic mass is 9.76. The second-order valence-electron chi connectivity index (χ2n) is 5.98. The van der Waals surface area contributed by atoms with E-state index in [1.54, 1.807) is 0 Å². The number of aryl methyl sites for hydroxylation is 1. The van der Waals surface area contributed by atoms with Crippen LogP contribution in [0.15, 0.2) is 42.6 Å². The quantitative estimate of drug-likeness (QED) is 0.880. The monoisotopic (exact) mass is 280 g/mol. The van der Waals surface area contributed by atoms with Crippen molar-refractivity contribution >= 4 is 0 Å². The molecule has 2 aromatic rings. The number of nitrogens with one attached hydrogen (secondary N) is 1. The van der Waals surface area contributed by atoms with Crippen molar-refractivity contribution in [2.45, 2.75) is 45.1 Å². The maximum atomic E-state index is 4.48. The minimum atomic E-state index is 0.250. The van der Waals surface area contributed by atoms with Gasteiger partial charge in [-0.1, -0.05) is 43.7 Å². The first-order valence-corrected chi connectivity index (χ1v) is 8.04. The van der Waals surface area contributed by atoms with Gasteiger partial charge in [0.1, 0.15) is 0 Å². The van der Waals surface area contributed by atoms with Crippen LogP contribution in [0.5, 0.6) is 0 Å². The molecule has 2 nitrogen and oxygen atoms in total. The highest BCUT2D eigenvalue weighted by Gasteiger charge is 2.25. The first-order chi connectivity index (χ1) is 10.3. The SMILES string of the molecule is CCNC(c1ccc(C)nc1)c1ccccc1C1CCC1. The molecule has 1 atom stereocenters. The molecule has 2 heteroatoms. The Labute approximate surface area is 127 Å². The first-order valence-electron chi connectivity index (χ1n) is 8.04. The van der Waals surface area contributed by atoms with E-state index in [0.717, 1.165) is 18.2 Å². The van der Waals surface area contributed by atoms with Crippen molar-refractivity contribution in [3.05, 3.63) is 65.0 Å². The second kappa shape index (κ2) is 6.40. The van der Waals surface area contributed by atoms with E-state index in [1.165, 1.54) is 36.0 Å². The van der Waals surface area contributed by atoms with E-state index < -0.39 is 0 Å². The summed E-state index contributed by atoms with van der Waals surface area (Å²) in [6.07, 6.45) is 6.06. The third-order valence-corrected chi connectivity index (χ3v) is 4.53. The summed E-state index contributed by atoms with van der Waals surface area (Å²) in [5.74, 6) is 0.751. The molecular weight excluding hydrogens is 256 g/mol. The molecule has 1 aliphatic rings. The maximum absolute atomic E-state index is 4.48. The number of hydrogen-bond acceptors (Lipinski definition) is 2.